The van der Waals surface area contributed by atoms with Crippen LogP contribution in [0.15, 0.2) is 194 Å². The fourth-order valence-corrected chi connectivity index (χ4v) is 7.55. The van der Waals surface area contributed by atoms with Gasteiger partial charge in [-0.1, -0.05) is 12.1 Å². The summed E-state index contributed by atoms with van der Waals surface area (Å²) in [5.74, 6) is 3.12. The highest BCUT2D eigenvalue weighted by Crippen LogP contribution is 2.26. The number of ether oxygens (including phenoxy) is 4. The summed E-state index contributed by atoms with van der Waals surface area (Å²) >= 11 is 0. The van der Waals surface area contributed by atoms with Crippen molar-refractivity contribution in [3.63, 3.8) is 0 Å². The third-order valence-corrected chi connectivity index (χ3v) is 10.7. The average molecular weight is 819 g/mol. The minimum atomic E-state index is 0.774. The van der Waals surface area contributed by atoms with Gasteiger partial charge in [0.2, 0.25) is 0 Å². The van der Waals surface area contributed by atoms with Crippen molar-refractivity contribution >= 4 is 44.1 Å². The number of aromatic amines is 2. The first kappa shape index (κ1) is 39.2. The molecule has 0 aliphatic heterocycles. The van der Waals surface area contributed by atoms with Gasteiger partial charge in [-0.15, -0.1) is 0 Å². The van der Waals surface area contributed by atoms with Gasteiger partial charge >= 0.3 is 0 Å². The Bertz CT molecular complexity index is 2960. The van der Waals surface area contributed by atoms with Crippen molar-refractivity contribution in [3.8, 4) is 45.7 Å². The molecule has 0 aliphatic carbocycles. The van der Waals surface area contributed by atoms with E-state index in [1.807, 2.05) is 72.8 Å². The van der Waals surface area contributed by atoms with Crippen LogP contribution in [0.3, 0.4) is 0 Å². The van der Waals surface area contributed by atoms with Crippen molar-refractivity contribution < 1.29 is 18.9 Å². The van der Waals surface area contributed by atoms with Gasteiger partial charge in [0.1, 0.15) is 23.0 Å². The molecule has 10 heteroatoms. The molecule has 12 aromatic rings. The minimum Gasteiger partial charge on any atom is -0.497 e. The molecule has 4 heterocycles. The van der Waals surface area contributed by atoms with E-state index >= 15 is 0 Å². The van der Waals surface area contributed by atoms with Crippen LogP contribution in [-0.4, -0.2) is 57.1 Å². The van der Waals surface area contributed by atoms with E-state index < -0.39 is 0 Å². The van der Waals surface area contributed by atoms with Crippen LogP contribution in [0.2, 0.25) is 0 Å². The Kier molecular flexibility index (Phi) is 11.1. The van der Waals surface area contributed by atoms with E-state index in [1.165, 1.54) is 0 Å². The number of H-pyrrole nitrogens is 2. The number of aromatic nitrogens is 6. The Hall–Kier alpha value is -8.24. The highest BCUT2D eigenvalue weighted by molar-refractivity contribution is 5.74. The first-order valence-corrected chi connectivity index (χ1v) is 20.2. The van der Waals surface area contributed by atoms with Gasteiger partial charge in [-0.2, -0.15) is 0 Å². The maximum Gasteiger partial charge on any atom is 0.119 e. The summed E-state index contributed by atoms with van der Waals surface area (Å²) in [6.07, 6.45) is 0. The third-order valence-electron chi connectivity index (χ3n) is 10.7. The minimum absolute atomic E-state index is 0.774. The molecule has 0 unspecified atom stereocenters. The predicted octanol–water partition coefficient (Wildman–Crippen LogP) is 12.1. The van der Waals surface area contributed by atoms with Gasteiger partial charge in [-0.25, -0.2) is 0 Å². The fourth-order valence-electron chi connectivity index (χ4n) is 7.55. The van der Waals surface area contributed by atoms with Gasteiger partial charge < -0.3 is 28.1 Å². The second-order valence-corrected chi connectivity index (χ2v) is 14.5. The number of nitrogens with zero attached hydrogens (tertiary/aromatic N) is 4. The van der Waals surface area contributed by atoms with Crippen molar-refractivity contribution in [1.82, 2.24) is 28.7 Å². The zero-order valence-electron chi connectivity index (χ0n) is 34.9. The molecule has 0 fully saturated rings. The maximum absolute atomic E-state index is 5.55. The van der Waals surface area contributed by atoms with E-state index in [1.54, 1.807) is 28.4 Å². The molecule has 10 nitrogen and oxygen atoms in total. The standard InChI is InChI=1S/C52H46N6O4/c1-59-49-27-19-41(20-28-49)55-39-15-11-37(12-16-39)53-57(43-23-31-51(61-3)32-24-43)47-9-6-10-48(36-47)58(44-25-33-52(62-4)34-26-44)54-38-13-17-40(18-14-38)56(46-8-5-7-45(55)35-46)42-21-29-50(60-2)30-22-42/h5-36,53-54H,1-4H3. The van der Waals surface area contributed by atoms with Crippen molar-refractivity contribution in [1.29, 1.82) is 0 Å². The van der Waals surface area contributed by atoms with Gasteiger partial charge in [-0.3, -0.25) is 19.6 Å². The first-order chi connectivity index (χ1) is 30.5. The first-order valence-electron chi connectivity index (χ1n) is 20.2. The molecule has 2 N–H and O–H groups in total. The summed E-state index contributed by atoms with van der Waals surface area (Å²) < 4.78 is 30.8. The number of hydrogen-bond donors (Lipinski definition) is 2. The molecule has 62 heavy (non-hydrogen) atoms. The smallest absolute Gasteiger partial charge is 0.119 e. The molecule has 8 bridgehead atoms. The van der Waals surface area contributed by atoms with E-state index in [0.29, 0.717) is 0 Å². The Balaban J connectivity index is 1.42. The predicted molar refractivity (Wildman–Crippen MR) is 250 cm³/mol. The monoisotopic (exact) mass is 818 g/mol. The van der Waals surface area contributed by atoms with Gasteiger partial charge in [0.05, 0.1) is 61.9 Å². The highest BCUT2D eigenvalue weighted by Gasteiger charge is 2.08. The van der Waals surface area contributed by atoms with Crippen molar-refractivity contribution in [2.24, 2.45) is 0 Å². The number of rotatable bonds is 8. The molecule has 0 radical (unpaired) electrons. The molecule has 0 amide bonds. The summed E-state index contributed by atoms with van der Waals surface area (Å²) in [5, 5.41) is 7.43. The van der Waals surface area contributed by atoms with Gasteiger partial charge in [0.15, 0.2) is 0 Å². The summed E-state index contributed by atoms with van der Waals surface area (Å²) in [7, 11) is 6.72. The lowest BCUT2D eigenvalue weighted by atomic mass is 10.2. The normalized spacial score (nSPS) is 10.9. The van der Waals surface area contributed by atoms with E-state index in [0.717, 1.165) is 89.9 Å². The van der Waals surface area contributed by atoms with Crippen molar-refractivity contribution in [2.75, 3.05) is 28.4 Å². The number of methoxy groups -OCH3 is 4. The molecule has 308 valence electrons. The van der Waals surface area contributed by atoms with Crippen LogP contribution in [0.25, 0.3) is 66.9 Å². The van der Waals surface area contributed by atoms with Gasteiger partial charge in [0, 0.05) is 33.4 Å². The van der Waals surface area contributed by atoms with E-state index in [2.05, 4.69) is 150 Å². The Morgan fingerprint density at radius 1 is 0.290 bits per heavy atom. The molecule has 0 aliphatic rings. The summed E-state index contributed by atoms with van der Waals surface area (Å²) in [4.78, 5) is 0. The van der Waals surface area contributed by atoms with Gasteiger partial charge in [0.25, 0.3) is 0 Å². The second kappa shape index (κ2) is 17.5. The lowest BCUT2D eigenvalue weighted by Gasteiger charge is -2.15. The number of benzene rings is 8. The highest BCUT2D eigenvalue weighted by atomic mass is 16.5. The lowest BCUT2D eigenvalue weighted by molar-refractivity contribution is 0.414. The van der Waals surface area contributed by atoms with Gasteiger partial charge in [-0.05, 0) is 182 Å². The molecule has 8 aromatic carbocycles. The maximum atomic E-state index is 5.55. The van der Waals surface area contributed by atoms with Crippen LogP contribution < -0.4 is 18.9 Å². The van der Waals surface area contributed by atoms with Crippen molar-refractivity contribution in [2.45, 2.75) is 0 Å². The average Bonchev–Trinajstić information content (AvgIpc) is 3.34. The topological polar surface area (TPSA) is 88.2 Å². The largest absolute Gasteiger partial charge is 0.497 e. The lowest BCUT2D eigenvalue weighted by Crippen LogP contribution is -2.03. The zero-order valence-corrected chi connectivity index (χ0v) is 34.9. The van der Waals surface area contributed by atoms with Crippen LogP contribution in [0.1, 0.15) is 0 Å². The third kappa shape index (κ3) is 8.17. The Morgan fingerprint density at radius 3 is 0.903 bits per heavy atom. The molecular formula is C52H46N6O4. The summed E-state index contributed by atoms with van der Waals surface area (Å²) in [6, 6.07) is 66.2. The molecule has 12 rings (SSSR count). The summed E-state index contributed by atoms with van der Waals surface area (Å²) in [5.41, 5.74) is 11.3. The van der Waals surface area contributed by atoms with Crippen LogP contribution >= 0.6 is 0 Å². The van der Waals surface area contributed by atoms with Crippen molar-refractivity contribution in [3.05, 3.63) is 194 Å². The molecule has 0 atom stereocenters. The van der Waals surface area contributed by atoms with E-state index in [9.17, 15) is 0 Å². The number of nitrogens with one attached hydrogen (secondary N) is 2. The van der Waals surface area contributed by atoms with Crippen LogP contribution in [0.5, 0.6) is 23.0 Å². The van der Waals surface area contributed by atoms with Crippen LogP contribution in [0.4, 0.5) is 0 Å². The number of hydrogen-bond acceptors (Lipinski definition) is 4. The van der Waals surface area contributed by atoms with Crippen LogP contribution in [-0.2, 0) is 0 Å². The molecule has 0 saturated heterocycles. The second-order valence-electron chi connectivity index (χ2n) is 14.5. The Labute approximate surface area is 358 Å². The van der Waals surface area contributed by atoms with Crippen LogP contribution in [0, 0.1) is 0 Å². The fraction of sp³-hybridized carbons (Fsp3) is 0.0769. The van der Waals surface area contributed by atoms with E-state index in [4.69, 9.17) is 18.9 Å². The zero-order chi connectivity index (χ0) is 42.4. The molecule has 4 aromatic heterocycles. The quantitative estimate of drug-likeness (QED) is 0.160. The summed E-state index contributed by atoms with van der Waals surface area (Å²) in [6.45, 7) is 0. The molecule has 0 spiro atoms. The van der Waals surface area contributed by atoms with E-state index in [-0.39, 0.29) is 0 Å². The molecular weight excluding hydrogens is 773 g/mol. The SMILES string of the molecule is COc1ccc(-n2[nH]c3ccc(cc3)n(-c3ccc(OC)cc3)c3cccc(c3)n(-c3ccc(OC)cc3)c3ccc(cc3)[nH]n(-c3ccc(OC)cc3)c3cccc2c3)cc1. The Morgan fingerprint density at radius 2 is 0.581 bits per heavy atom. The molecule has 0 saturated carbocycles.